The molecule has 0 spiro atoms. The molecule has 3 aromatic carbocycles. The van der Waals surface area contributed by atoms with Crippen LogP contribution in [0.1, 0.15) is 28.3 Å². The highest BCUT2D eigenvalue weighted by molar-refractivity contribution is 6.51. The molecule has 3 aromatic rings. The number of aliphatic hydroxyl groups is 1. The van der Waals surface area contributed by atoms with Gasteiger partial charge in [0.1, 0.15) is 11.5 Å². The van der Waals surface area contributed by atoms with Gasteiger partial charge in [-0.15, -0.1) is 0 Å². The van der Waals surface area contributed by atoms with Gasteiger partial charge in [0.05, 0.1) is 16.6 Å². The topological polar surface area (TPSA) is 96.3 Å². The van der Waals surface area contributed by atoms with E-state index in [0.29, 0.717) is 28.3 Å². The Balaban J connectivity index is 1.73. The number of benzene rings is 3. The number of hydrogen-bond acceptors (Lipinski definition) is 6. The summed E-state index contributed by atoms with van der Waals surface area (Å²) in [5.74, 6) is -1.14. The zero-order chi connectivity index (χ0) is 24.1. The van der Waals surface area contributed by atoms with Gasteiger partial charge in [-0.2, -0.15) is 0 Å². The van der Waals surface area contributed by atoms with Crippen LogP contribution in [0.25, 0.3) is 5.76 Å². The maximum absolute atomic E-state index is 13.3. The normalized spacial score (nSPS) is 18.6. The first kappa shape index (κ1) is 21.9. The van der Waals surface area contributed by atoms with E-state index in [1.54, 1.807) is 30.3 Å². The highest BCUT2D eigenvalue weighted by Gasteiger charge is 2.47. The van der Waals surface area contributed by atoms with Crippen LogP contribution in [0.4, 0.5) is 5.69 Å². The van der Waals surface area contributed by atoms with Crippen molar-refractivity contribution in [3.63, 3.8) is 0 Å². The lowest BCUT2D eigenvalue weighted by molar-refractivity contribution is -0.132. The average Bonchev–Trinajstić information content (AvgIpc) is 3.39. The second kappa shape index (κ2) is 8.11. The number of ketones is 1. The number of halogens is 1. The maximum atomic E-state index is 13.3. The van der Waals surface area contributed by atoms with Gasteiger partial charge in [-0.1, -0.05) is 23.7 Å². The van der Waals surface area contributed by atoms with Crippen LogP contribution >= 0.6 is 11.6 Å². The van der Waals surface area contributed by atoms with Gasteiger partial charge in [-0.05, 0) is 73.0 Å². The van der Waals surface area contributed by atoms with Crippen molar-refractivity contribution in [2.24, 2.45) is 0 Å². The predicted octanol–water partition coefficient (Wildman–Crippen LogP) is 5.02. The van der Waals surface area contributed by atoms with Gasteiger partial charge in [0.2, 0.25) is 6.79 Å². The number of phenolic OH excluding ortho intramolecular Hbond substituents is 1. The lowest BCUT2D eigenvalue weighted by Gasteiger charge is -2.26. The number of carbonyl (C=O) groups excluding carboxylic acids is 2. The Bertz CT molecular complexity index is 1400. The van der Waals surface area contributed by atoms with Crippen molar-refractivity contribution in [3.05, 3.63) is 87.4 Å². The van der Waals surface area contributed by atoms with Gasteiger partial charge in [0.25, 0.3) is 11.7 Å². The Hall–Kier alpha value is -3.97. The Morgan fingerprint density at radius 3 is 2.47 bits per heavy atom. The fourth-order valence-electron chi connectivity index (χ4n) is 4.18. The number of aromatic hydroxyl groups is 1. The van der Waals surface area contributed by atoms with Gasteiger partial charge in [-0.25, -0.2) is 0 Å². The van der Waals surface area contributed by atoms with Crippen LogP contribution in [0, 0.1) is 13.8 Å². The monoisotopic (exact) mass is 477 g/mol. The van der Waals surface area contributed by atoms with E-state index in [0.717, 1.165) is 11.1 Å². The minimum absolute atomic E-state index is 0.0583. The van der Waals surface area contributed by atoms with Crippen molar-refractivity contribution in [2.45, 2.75) is 19.9 Å². The number of nitrogens with zero attached hydrogens (tertiary/aromatic N) is 1. The largest absolute Gasteiger partial charge is 0.507 e. The summed E-state index contributed by atoms with van der Waals surface area (Å²) in [4.78, 5) is 27.9. The Kier molecular flexibility index (Phi) is 5.21. The van der Waals surface area contributed by atoms with Gasteiger partial charge in [0, 0.05) is 11.3 Å². The Morgan fingerprint density at radius 1 is 0.971 bits per heavy atom. The molecule has 2 N–H and O–H groups in total. The fraction of sp³-hybridized carbons (Fsp3) is 0.154. The summed E-state index contributed by atoms with van der Waals surface area (Å²) in [5, 5.41) is 21.2. The zero-order valence-corrected chi connectivity index (χ0v) is 19.1. The standard InChI is InChI=1S/C26H20ClNO6/c1-13-3-6-17(9-14(13)2)28-23(15-4-7-19(29)18(27)10-15)22(25(31)26(28)32)24(30)16-5-8-20-21(11-16)34-12-33-20/h3-11,23,29-30H,12H2,1-2H3/b24-22-. The summed E-state index contributed by atoms with van der Waals surface area (Å²) >= 11 is 6.17. The molecule has 2 heterocycles. The summed E-state index contributed by atoms with van der Waals surface area (Å²) in [6.07, 6.45) is 0. The van der Waals surface area contributed by atoms with Crippen molar-refractivity contribution in [1.29, 1.82) is 0 Å². The number of carbonyl (C=O) groups is 2. The number of rotatable bonds is 3. The minimum atomic E-state index is -0.967. The van der Waals surface area contributed by atoms with E-state index in [-0.39, 0.29) is 28.9 Å². The average molecular weight is 478 g/mol. The molecule has 1 saturated heterocycles. The highest BCUT2D eigenvalue weighted by atomic mass is 35.5. The first-order chi connectivity index (χ1) is 16.3. The zero-order valence-electron chi connectivity index (χ0n) is 18.3. The van der Waals surface area contributed by atoms with E-state index >= 15 is 0 Å². The number of ether oxygens (including phenoxy) is 2. The molecule has 1 atom stereocenters. The molecule has 8 heteroatoms. The maximum Gasteiger partial charge on any atom is 0.300 e. The highest BCUT2D eigenvalue weighted by Crippen LogP contribution is 2.44. The number of hydrogen-bond donors (Lipinski definition) is 2. The van der Waals surface area contributed by atoms with Crippen LogP contribution in [0.15, 0.2) is 60.2 Å². The number of aliphatic hydroxyl groups excluding tert-OH is 1. The molecule has 1 unspecified atom stereocenters. The van der Waals surface area contributed by atoms with Crippen LogP contribution in [0.3, 0.4) is 0 Å². The van der Waals surface area contributed by atoms with Gasteiger partial charge in [0.15, 0.2) is 11.5 Å². The molecule has 0 bridgehead atoms. The number of aryl methyl sites for hydroxylation is 2. The van der Waals surface area contributed by atoms with Crippen molar-refractivity contribution in [2.75, 3.05) is 11.7 Å². The summed E-state index contributed by atoms with van der Waals surface area (Å²) in [7, 11) is 0. The van der Waals surface area contributed by atoms with Crippen molar-refractivity contribution in [1.82, 2.24) is 0 Å². The molecule has 172 valence electrons. The van der Waals surface area contributed by atoms with E-state index in [1.165, 1.54) is 17.0 Å². The van der Waals surface area contributed by atoms with E-state index in [2.05, 4.69) is 0 Å². The van der Waals surface area contributed by atoms with Crippen molar-refractivity contribution >= 4 is 34.7 Å². The SMILES string of the molecule is Cc1ccc(N2C(=O)C(=O)/C(=C(\O)c3ccc4c(c3)OCO4)C2c2ccc(O)c(Cl)c2)cc1C. The van der Waals surface area contributed by atoms with Gasteiger partial charge >= 0.3 is 0 Å². The number of amides is 1. The van der Waals surface area contributed by atoms with Gasteiger partial charge in [-0.3, -0.25) is 14.5 Å². The van der Waals surface area contributed by atoms with Crippen LogP contribution in [-0.4, -0.2) is 28.7 Å². The van der Waals surface area contributed by atoms with E-state index in [1.807, 2.05) is 26.0 Å². The van der Waals surface area contributed by atoms with E-state index < -0.39 is 17.7 Å². The third kappa shape index (κ3) is 3.45. The van der Waals surface area contributed by atoms with Crippen LogP contribution < -0.4 is 14.4 Å². The minimum Gasteiger partial charge on any atom is -0.507 e. The summed E-state index contributed by atoms with van der Waals surface area (Å²) in [6.45, 7) is 3.92. The third-order valence-corrected chi connectivity index (χ3v) is 6.45. The molecule has 2 aliphatic rings. The Morgan fingerprint density at radius 2 is 1.74 bits per heavy atom. The molecule has 0 saturated carbocycles. The molecular weight excluding hydrogens is 458 g/mol. The first-order valence-electron chi connectivity index (χ1n) is 10.5. The van der Waals surface area contributed by atoms with Crippen molar-refractivity contribution < 1.29 is 29.3 Å². The molecule has 0 aliphatic carbocycles. The van der Waals surface area contributed by atoms with E-state index in [4.69, 9.17) is 21.1 Å². The Labute approximate surface area is 200 Å². The quantitative estimate of drug-likeness (QED) is 0.312. The summed E-state index contributed by atoms with van der Waals surface area (Å²) in [5.41, 5.74) is 3.15. The molecular formula is C26H20ClNO6. The smallest absolute Gasteiger partial charge is 0.300 e. The molecule has 0 aromatic heterocycles. The number of Topliss-reactive ketones (excluding diaryl/α,β-unsaturated/α-hetero) is 1. The van der Waals surface area contributed by atoms with Crippen LogP contribution in [-0.2, 0) is 9.59 Å². The fourth-order valence-corrected chi connectivity index (χ4v) is 4.37. The second-order valence-corrected chi connectivity index (χ2v) is 8.62. The van der Waals surface area contributed by atoms with Crippen LogP contribution in [0.5, 0.6) is 17.2 Å². The lowest BCUT2D eigenvalue weighted by atomic mass is 9.94. The molecule has 1 amide bonds. The number of phenols is 1. The summed E-state index contributed by atoms with van der Waals surface area (Å²) in [6, 6.07) is 13.7. The molecule has 5 rings (SSSR count). The molecule has 34 heavy (non-hydrogen) atoms. The molecule has 2 aliphatic heterocycles. The lowest BCUT2D eigenvalue weighted by Crippen LogP contribution is -2.29. The van der Waals surface area contributed by atoms with Crippen LogP contribution in [0.2, 0.25) is 5.02 Å². The first-order valence-corrected chi connectivity index (χ1v) is 10.9. The van der Waals surface area contributed by atoms with Gasteiger partial charge < -0.3 is 19.7 Å². The van der Waals surface area contributed by atoms with E-state index in [9.17, 15) is 19.8 Å². The third-order valence-electron chi connectivity index (χ3n) is 6.15. The van der Waals surface area contributed by atoms with Crippen molar-refractivity contribution in [3.8, 4) is 17.2 Å². The number of fused-ring (bicyclic) bond motifs is 1. The predicted molar refractivity (Wildman–Crippen MR) is 126 cm³/mol. The second-order valence-electron chi connectivity index (χ2n) is 8.22. The number of anilines is 1. The molecule has 7 nitrogen and oxygen atoms in total. The molecule has 0 radical (unpaired) electrons. The molecule has 1 fully saturated rings. The summed E-state index contributed by atoms with van der Waals surface area (Å²) < 4.78 is 10.7.